The Hall–Kier alpha value is -2.76. The molecule has 1 aliphatic rings. The summed E-state index contributed by atoms with van der Waals surface area (Å²) in [5.41, 5.74) is 7.79. The molecule has 0 bridgehead atoms. The predicted molar refractivity (Wildman–Crippen MR) is 97.6 cm³/mol. The number of nitrogens with zero attached hydrogens (tertiary/aromatic N) is 3. The summed E-state index contributed by atoms with van der Waals surface area (Å²) in [6.07, 6.45) is 4.37. The zero-order valence-electron chi connectivity index (χ0n) is 13.9. The second-order valence-corrected chi connectivity index (χ2v) is 5.75. The highest BCUT2D eigenvalue weighted by Gasteiger charge is 2.12. The van der Waals surface area contributed by atoms with Crippen molar-refractivity contribution < 1.29 is 4.74 Å². The van der Waals surface area contributed by atoms with Crippen LogP contribution in [0.3, 0.4) is 0 Å². The highest BCUT2D eigenvalue weighted by molar-refractivity contribution is 5.93. The fourth-order valence-corrected chi connectivity index (χ4v) is 2.75. The number of benzene rings is 1. The lowest BCUT2D eigenvalue weighted by atomic mass is 10.3. The average molecular weight is 325 g/mol. The zero-order chi connectivity index (χ0) is 16.8. The van der Waals surface area contributed by atoms with Crippen molar-refractivity contribution in [2.75, 3.05) is 30.4 Å². The molecule has 0 amide bonds. The van der Waals surface area contributed by atoms with Crippen LogP contribution in [0, 0.1) is 0 Å². The van der Waals surface area contributed by atoms with Crippen molar-refractivity contribution >= 4 is 17.5 Å². The van der Waals surface area contributed by atoms with E-state index in [0.717, 1.165) is 35.9 Å². The molecular weight excluding hydrogens is 302 g/mol. The molecule has 0 unspecified atom stereocenters. The van der Waals surface area contributed by atoms with E-state index in [2.05, 4.69) is 32.3 Å². The number of guanidine groups is 1. The normalized spacial score (nSPS) is 14.7. The van der Waals surface area contributed by atoms with Gasteiger partial charge in [0, 0.05) is 19.3 Å². The minimum Gasteiger partial charge on any atom is -0.495 e. The Bertz CT molecular complexity index is 693. The lowest BCUT2D eigenvalue weighted by molar-refractivity contribution is 0.417. The molecule has 2 aromatic rings. The summed E-state index contributed by atoms with van der Waals surface area (Å²) in [7, 11) is 1.63. The largest absolute Gasteiger partial charge is 0.495 e. The Kier molecular flexibility index (Phi) is 5.15. The molecule has 3 rings (SSSR count). The minimum absolute atomic E-state index is 0.350. The van der Waals surface area contributed by atoms with Gasteiger partial charge >= 0.3 is 0 Å². The van der Waals surface area contributed by atoms with Crippen LogP contribution in [0.4, 0.5) is 11.5 Å². The van der Waals surface area contributed by atoms with Gasteiger partial charge in [0.2, 0.25) is 0 Å². The van der Waals surface area contributed by atoms with Crippen molar-refractivity contribution in [2.24, 2.45) is 10.7 Å². The summed E-state index contributed by atoms with van der Waals surface area (Å²) in [6, 6.07) is 11.7. The third kappa shape index (κ3) is 3.95. The van der Waals surface area contributed by atoms with Crippen molar-refractivity contribution in [1.29, 1.82) is 0 Å². The molecule has 6 heteroatoms. The summed E-state index contributed by atoms with van der Waals surface area (Å²) < 4.78 is 5.28. The number of aliphatic imine (C=N–C) groups is 1. The number of para-hydroxylation sites is 2. The third-order valence-corrected chi connectivity index (χ3v) is 4.04. The number of rotatable bonds is 5. The quantitative estimate of drug-likeness (QED) is 0.653. The van der Waals surface area contributed by atoms with E-state index >= 15 is 0 Å². The van der Waals surface area contributed by atoms with Gasteiger partial charge in [-0.15, -0.1) is 0 Å². The van der Waals surface area contributed by atoms with Crippen LogP contribution in [0.1, 0.15) is 18.4 Å². The van der Waals surface area contributed by atoms with E-state index in [0.29, 0.717) is 12.5 Å². The maximum absolute atomic E-state index is 5.96. The minimum atomic E-state index is 0.350. The third-order valence-electron chi connectivity index (χ3n) is 4.04. The highest BCUT2D eigenvalue weighted by Crippen LogP contribution is 2.22. The first-order valence-corrected chi connectivity index (χ1v) is 8.16. The molecule has 1 aliphatic heterocycles. The van der Waals surface area contributed by atoms with Crippen molar-refractivity contribution in [1.82, 2.24) is 4.98 Å². The van der Waals surface area contributed by atoms with Crippen molar-refractivity contribution in [3.63, 3.8) is 0 Å². The topological polar surface area (TPSA) is 75.8 Å². The van der Waals surface area contributed by atoms with Crippen LogP contribution in [0.2, 0.25) is 0 Å². The van der Waals surface area contributed by atoms with Gasteiger partial charge in [0.05, 0.1) is 19.3 Å². The molecule has 1 saturated heterocycles. The van der Waals surface area contributed by atoms with Crippen LogP contribution in [-0.4, -0.2) is 31.1 Å². The Morgan fingerprint density at radius 2 is 2.04 bits per heavy atom. The molecule has 1 fully saturated rings. The maximum atomic E-state index is 5.96. The second kappa shape index (κ2) is 7.68. The zero-order valence-corrected chi connectivity index (χ0v) is 13.9. The van der Waals surface area contributed by atoms with E-state index in [9.17, 15) is 0 Å². The van der Waals surface area contributed by atoms with Crippen LogP contribution in [0.5, 0.6) is 5.75 Å². The van der Waals surface area contributed by atoms with E-state index in [-0.39, 0.29) is 0 Å². The number of pyridine rings is 1. The Labute approximate surface area is 142 Å². The molecule has 0 atom stereocenters. The van der Waals surface area contributed by atoms with Crippen LogP contribution in [-0.2, 0) is 6.54 Å². The van der Waals surface area contributed by atoms with Crippen LogP contribution in [0.15, 0.2) is 47.6 Å². The monoisotopic (exact) mass is 325 g/mol. The van der Waals surface area contributed by atoms with Gasteiger partial charge in [0.1, 0.15) is 11.6 Å². The van der Waals surface area contributed by atoms with Crippen molar-refractivity contribution in [3.05, 3.63) is 48.2 Å². The first-order chi connectivity index (χ1) is 11.8. The summed E-state index contributed by atoms with van der Waals surface area (Å²) in [4.78, 5) is 11.2. The molecule has 0 radical (unpaired) electrons. The molecule has 6 nitrogen and oxygen atoms in total. The average Bonchev–Trinajstić information content (AvgIpc) is 3.15. The van der Waals surface area contributed by atoms with E-state index in [1.54, 1.807) is 7.11 Å². The summed E-state index contributed by atoms with van der Waals surface area (Å²) in [5.74, 6) is 2.12. The molecule has 1 aromatic heterocycles. The van der Waals surface area contributed by atoms with Gasteiger partial charge in [-0.3, -0.25) is 0 Å². The molecule has 0 aliphatic carbocycles. The number of nitrogens with two attached hydrogens (primary N) is 1. The molecule has 2 heterocycles. The lowest BCUT2D eigenvalue weighted by Crippen LogP contribution is -2.23. The predicted octanol–water partition coefficient (Wildman–Crippen LogP) is 2.62. The van der Waals surface area contributed by atoms with E-state index in [1.807, 2.05) is 30.5 Å². The molecule has 0 saturated carbocycles. The van der Waals surface area contributed by atoms with Gasteiger partial charge in [-0.1, -0.05) is 18.2 Å². The van der Waals surface area contributed by atoms with Gasteiger partial charge in [-0.25, -0.2) is 9.98 Å². The fraction of sp³-hybridized carbons (Fsp3) is 0.333. The van der Waals surface area contributed by atoms with Gasteiger partial charge in [-0.2, -0.15) is 0 Å². The SMILES string of the molecule is COc1ccccc1NC(N)=NCc1ccc(N2CCCC2)nc1. The van der Waals surface area contributed by atoms with Crippen LogP contribution in [0.25, 0.3) is 0 Å². The first kappa shape index (κ1) is 16.1. The van der Waals surface area contributed by atoms with Crippen LogP contribution >= 0.6 is 0 Å². The van der Waals surface area contributed by atoms with Gasteiger partial charge in [0.25, 0.3) is 0 Å². The second-order valence-electron chi connectivity index (χ2n) is 5.75. The molecule has 3 N–H and O–H groups in total. The Balaban J connectivity index is 1.60. The molecular formula is C18H23N5O. The molecule has 24 heavy (non-hydrogen) atoms. The van der Waals surface area contributed by atoms with Gasteiger partial charge in [-0.05, 0) is 36.6 Å². The summed E-state index contributed by atoms with van der Waals surface area (Å²) in [6.45, 7) is 2.68. The summed E-state index contributed by atoms with van der Waals surface area (Å²) >= 11 is 0. The lowest BCUT2D eigenvalue weighted by Gasteiger charge is -2.16. The highest BCUT2D eigenvalue weighted by atomic mass is 16.5. The smallest absolute Gasteiger partial charge is 0.193 e. The van der Waals surface area contributed by atoms with Gasteiger partial charge < -0.3 is 20.7 Å². The Morgan fingerprint density at radius 3 is 2.75 bits per heavy atom. The van der Waals surface area contributed by atoms with E-state index in [1.165, 1.54) is 12.8 Å². The van der Waals surface area contributed by atoms with Gasteiger partial charge in [0.15, 0.2) is 5.96 Å². The molecule has 0 spiro atoms. The summed E-state index contributed by atoms with van der Waals surface area (Å²) in [5, 5.41) is 3.06. The maximum Gasteiger partial charge on any atom is 0.193 e. The number of aromatic nitrogens is 1. The van der Waals surface area contributed by atoms with Crippen molar-refractivity contribution in [3.8, 4) is 5.75 Å². The van der Waals surface area contributed by atoms with E-state index in [4.69, 9.17) is 10.5 Å². The number of hydrogen-bond acceptors (Lipinski definition) is 4. The van der Waals surface area contributed by atoms with Crippen molar-refractivity contribution in [2.45, 2.75) is 19.4 Å². The standard InChI is InChI=1S/C18H23N5O/c1-24-16-7-3-2-6-15(16)22-18(19)21-13-14-8-9-17(20-12-14)23-10-4-5-11-23/h2-3,6-9,12H,4-5,10-11,13H2,1H3,(H3,19,21,22). The van der Waals surface area contributed by atoms with Crippen LogP contribution < -0.4 is 20.7 Å². The number of anilines is 2. The number of ether oxygens (including phenoxy) is 1. The molecule has 1 aromatic carbocycles. The first-order valence-electron chi connectivity index (χ1n) is 8.16. The van der Waals surface area contributed by atoms with E-state index < -0.39 is 0 Å². The number of nitrogens with one attached hydrogen (secondary N) is 1. The molecule has 126 valence electrons. The number of hydrogen-bond donors (Lipinski definition) is 2. The number of methoxy groups -OCH3 is 1. The Morgan fingerprint density at radius 1 is 1.25 bits per heavy atom. The fourth-order valence-electron chi connectivity index (χ4n) is 2.75.